The number of aromatic nitrogens is 2. The first-order valence-electron chi connectivity index (χ1n) is 7.52. The van der Waals surface area contributed by atoms with Gasteiger partial charge in [0, 0.05) is 13.1 Å². The molecule has 0 unspecified atom stereocenters. The summed E-state index contributed by atoms with van der Waals surface area (Å²) in [4.78, 5) is 6.59. The predicted molar refractivity (Wildman–Crippen MR) is 74.4 cm³/mol. The highest BCUT2D eigenvalue weighted by atomic mass is 32.2. The summed E-state index contributed by atoms with van der Waals surface area (Å²) < 4.78 is 27.0. The number of nitrogens with one attached hydrogen (secondary N) is 1. The van der Waals surface area contributed by atoms with Crippen LogP contribution in [-0.4, -0.2) is 35.8 Å². The predicted octanol–water partition coefficient (Wildman–Crippen LogP) is 1.85. The van der Waals surface area contributed by atoms with Gasteiger partial charge in [-0.05, 0) is 55.8 Å². The smallest absolute Gasteiger partial charge is 0.260 e. The average molecular weight is 295 g/mol. The van der Waals surface area contributed by atoms with E-state index in [9.17, 15) is 8.42 Å². The van der Waals surface area contributed by atoms with Gasteiger partial charge in [-0.3, -0.25) is 0 Å². The Morgan fingerprint density at radius 3 is 2.25 bits per heavy atom. The zero-order valence-electron chi connectivity index (χ0n) is 11.7. The fourth-order valence-electron chi connectivity index (χ4n) is 5.19. The number of hydrogen-bond acceptors (Lipinski definition) is 3. The third-order valence-corrected chi connectivity index (χ3v) is 7.51. The Hall–Kier alpha value is -0.880. The normalized spacial score (nSPS) is 39.6. The van der Waals surface area contributed by atoms with Crippen molar-refractivity contribution in [2.45, 2.75) is 43.2 Å². The molecule has 0 saturated heterocycles. The van der Waals surface area contributed by atoms with Gasteiger partial charge in [0.1, 0.15) is 0 Å². The number of nitrogens with zero attached hydrogens (tertiary/aromatic N) is 2. The van der Waals surface area contributed by atoms with E-state index in [0.717, 1.165) is 11.8 Å². The molecule has 20 heavy (non-hydrogen) atoms. The van der Waals surface area contributed by atoms with Crippen LogP contribution in [-0.2, 0) is 10.0 Å². The van der Waals surface area contributed by atoms with Crippen molar-refractivity contribution in [1.82, 2.24) is 14.3 Å². The molecule has 1 aromatic rings. The van der Waals surface area contributed by atoms with Crippen molar-refractivity contribution in [2.24, 2.45) is 23.7 Å². The van der Waals surface area contributed by atoms with Gasteiger partial charge in [-0.2, -0.15) is 4.31 Å². The van der Waals surface area contributed by atoms with Crippen LogP contribution < -0.4 is 0 Å². The van der Waals surface area contributed by atoms with E-state index in [1.165, 1.54) is 44.6 Å². The van der Waals surface area contributed by atoms with E-state index in [-0.39, 0.29) is 11.1 Å². The molecule has 4 saturated carbocycles. The summed E-state index contributed by atoms with van der Waals surface area (Å²) in [5.74, 6) is 2.84. The van der Waals surface area contributed by atoms with Crippen molar-refractivity contribution in [1.29, 1.82) is 0 Å². The van der Waals surface area contributed by atoms with Gasteiger partial charge in [-0.25, -0.2) is 13.4 Å². The van der Waals surface area contributed by atoms with E-state index in [4.69, 9.17) is 0 Å². The molecule has 0 amide bonds. The van der Waals surface area contributed by atoms with Crippen molar-refractivity contribution in [3.8, 4) is 0 Å². The molecule has 5 nitrogen and oxygen atoms in total. The van der Waals surface area contributed by atoms with Gasteiger partial charge in [0.2, 0.25) is 0 Å². The highest BCUT2D eigenvalue weighted by molar-refractivity contribution is 7.89. The Labute approximate surface area is 119 Å². The molecule has 0 radical (unpaired) electrons. The lowest BCUT2D eigenvalue weighted by molar-refractivity contribution is -0.0351. The van der Waals surface area contributed by atoms with Crippen LogP contribution in [0, 0.1) is 23.7 Å². The van der Waals surface area contributed by atoms with E-state index in [1.807, 2.05) is 0 Å². The van der Waals surface area contributed by atoms with Crippen LogP contribution in [0.1, 0.15) is 32.1 Å². The summed E-state index contributed by atoms with van der Waals surface area (Å²) >= 11 is 0. The van der Waals surface area contributed by atoms with Crippen molar-refractivity contribution in [3.05, 3.63) is 12.5 Å². The van der Waals surface area contributed by atoms with E-state index in [1.54, 1.807) is 11.4 Å². The van der Waals surface area contributed by atoms with Crippen LogP contribution in [0.5, 0.6) is 0 Å². The van der Waals surface area contributed by atoms with Crippen LogP contribution in [0.3, 0.4) is 0 Å². The largest absolute Gasteiger partial charge is 0.335 e. The quantitative estimate of drug-likeness (QED) is 0.925. The summed E-state index contributed by atoms with van der Waals surface area (Å²) in [6.45, 7) is 0. The third-order valence-electron chi connectivity index (χ3n) is 5.73. The summed E-state index contributed by atoms with van der Waals surface area (Å²) in [6.07, 6.45) is 9.11. The lowest BCUT2D eigenvalue weighted by atomic mass is 9.54. The topological polar surface area (TPSA) is 66.1 Å². The number of imidazole rings is 1. The van der Waals surface area contributed by atoms with Crippen LogP contribution >= 0.6 is 0 Å². The maximum Gasteiger partial charge on any atom is 0.260 e. The van der Waals surface area contributed by atoms with Crippen molar-refractivity contribution in [2.75, 3.05) is 7.05 Å². The maximum atomic E-state index is 12.7. The molecular formula is C14H21N3O2S. The Morgan fingerprint density at radius 1 is 1.15 bits per heavy atom. The molecule has 6 heteroatoms. The molecule has 1 N–H and O–H groups in total. The van der Waals surface area contributed by atoms with Gasteiger partial charge in [0.15, 0.2) is 5.03 Å². The van der Waals surface area contributed by atoms with Crippen molar-refractivity contribution in [3.63, 3.8) is 0 Å². The molecule has 0 aromatic carbocycles. The minimum absolute atomic E-state index is 0.191. The van der Waals surface area contributed by atoms with E-state index in [0.29, 0.717) is 11.8 Å². The summed E-state index contributed by atoms with van der Waals surface area (Å²) in [7, 11) is -1.67. The fourth-order valence-corrected chi connectivity index (χ4v) is 6.56. The molecule has 4 bridgehead atoms. The highest BCUT2D eigenvalue weighted by Crippen LogP contribution is 2.55. The molecule has 4 aliphatic rings. The average Bonchev–Trinajstić information content (AvgIpc) is 2.91. The van der Waals surface area contributed by atoms with Gasteiger partial charge < -0.3 is 4.98 Å². The summed E-state index contributed by atoms with van der Waals surface area (Å²) in [6, 6.07) is 0.191. The fraction of sp³-hybridized carbons (Fsp3) is 0.786. The first-order valence-corrected chi connectivity index (χ1v) is 8.96. The van der Waals surface area contributed by atoms with Gasteiger partial charge in [-0.1, -0.05) is 0 Å². The standard InChI is InChI=1S/C14H21N3O2S/c1-17(20(18,19)13-7-15-8-16-13)14-11-3-9-2-10(5-11)6-12(14)4-9/h7-12,14H,2-6H2,1H3,(H,15,16). The zero-order chi connectivity index (χ0) is 13.9. The first-order chi connectivity index (χ1) is 9.55. The molecular weight excluding hydrogens is 274 g/mol. The Balaban J connectivity index is 1.64. The van der Waals surface area contributed by atoms with Gasteiger partial charge >= 0.3 is 0 Å². The van der Waals surface area contributed by atoms with Crippen molar-refractivity contribution < 1.29 is 8.42 Å². The third kappa shape index (κ3) is 1.77. The van der Waals surface area contributed by atoms with Crippen LogP contribution in [0.15, 0.2) is 17.6 Å². The second-order valence-corrected chi connectivity index (χ2v) is 8.82. The molecule has 110 valence electrons. The Kier molecular flexibility index (Phi) is 2.76. The van der Waals surface area contributed by atoms with Crippen LogP contribution in [0.25, 0.3) is 0 Å². The lowest BCUT2D eigenvalue weighted by Crippen LogP contribution is -2.56. The number of sulfonamides is 1. The van der Waals surface area contributed by atoms with E-state index < -0.39 is 10.0 Å². The second-order valence-electron chi connectivity index (χ2n) is 6.86. The summed E-state index contributed by atoms with van der Waals surface area (Å²) in [5.41, 5.74) is 0. The Bertz CT molecular complexity index is 568. The van der Waals surface area contributed by atoms with Gasteiger partial charge in [-0.15, -0.1) is 0 Å². The van der Waals surface area contributed by atoms with E-state index in [2.05, 4.69) is 9.97 Å². The molecule has 5 rings (SSSR count). The first kappa shape index (κ1) is 12.8. The number of rotatable bonds is 3. The number of H-pyrrole nitrogens is 1. The van der Waals surface area contributed by atoms with Crippen LogP contribution in [0.2, 0.25) is 0 Å². The van der Waals surface area contributed by atoms with Gasteiger partial charge in [0.25, 0.3) is 10.0 Å². The molecule has 1 aromatic heterocycles. The van der Waals surface area contributed by atoms with E-state index >= 15 is 0 Å². The molecule has 4 fully saturated rings. The molecule has 4 aliphatic carbocycles. The minimum atomic E-state index is -3.42. The number of hydrogen-bond donors (Lipinski definition) is 1. The molecule has 1 heterocycles. The Morgan fingerprint density at radius 2 is 1.75 bits per heavy atom. The molecule has 0 aliphatic heterocycles. The maximum absolute atomic E-state index is 12.7. The van der Waals surface area contributed by atoms with Gasteiger partial charge in [0.05, 0.1) is 12.5 Å². The van der Waals surface area contributed by atoms with Crippen LogP contribution in [0.4, 0.5) is 0 Å². The molecule has 0 atom stereocenters. The summed E-state index contributed by atoms with van der Waals surface area (Å²) in [5, 5.41) is 0.216. The monoisotopic (exact) mass is 295 g/mol. The SMILES string of the molecule is CN(C1C2CC3CC(C2)CC1C3)S(=O)(=O)c1cnc[nH]1. The number of aromatic amines is 1. The van der Waals surface area contributed by atoms with Crippen molar-refractivity contribution >= 4 is 10.0 Å². The lowest BCUT2D eigenvalue weighted by Gasteiger charge is -2.56. The molecule has 0 spiro atoms. The highest BCUT2D eigenvalue weighted by Gasteiger charge is 2.51. The minimum Gasteiger partial charge on any atom is -0.335 e. The second kappa shape index (κ2) is 4.31. The zero-order valence-corrected chi connectivity index (χ0v) is 12.5.